The summed E-state index contributed by atoms with van der Waals surface area (Å²) in [4.78, 5) is 4.79. The van der Waals surface area contributed by atoms with Crippen molar-refractivity contribution < 1.29 is 0 Å². The minimum absolute atomic E-state index is 0.861. The maximum absolute atomic E-state index is 4.79. The molecule has 11 rings (SSSR count). The minimum atomic E-state index is 0.861. The first kappa shape index (κ1) is 26.7. The van der Waals surface area contributed by atoms with Crippen LogP contribution in [-0.4, -0.2) is 4.98 Å². The van der Waals surface area contributed by atoms with E-state index < -0.39 is 0 Å². The van der Waals surface area contributed by atoms with Gasteiger partial charge in [0.05, 0.1) is 5.52 Å². The van der Waals surface area contributed by atoms with Gasteiger partial charge in [-0.3, -0.25) is 4.98 Å². The Bertz CT molecular complexity index is 2900. The predicted octanol–water partition coefficient (Wildman–Crippen LogP) is 11.0. The lowest BCUT2D eigenvalue weighted by atomic mass is 9.90. The van der Waals surface area contributed by atoms with Gasteiger partial charge in [-0.15, -0.1) is 0 Å². The van der Waals surface area contributed by atoms with Gasteiger partial charge in [0.15, 0.2) is 0 Å². The van der Waals surface area contributed by atoms with Crippen LogP contribution in [0.25, 0.3) is 86.7 Å². The number of nitrogens with zero attached hydrogens (tertiary/aromatic N) is 1. The van der Waals surface area contributed by atoms with Crippen LogP contribution >= 0.6 is 0 Å². The molecule has 0 aliphatic heterocycles. The highest BCUT2D eigenvalue weighted by molar-refractivity contribution is 6.27. The van der Waals surface area contributed by atoms with Gasteiger partial charge in [0.1, 0.15) is 0 Å². The summed E-state index contributed by atoms with van der Waals surface area (Å²) in [5.74, 6) is 0. The van der Waals surface area contributed by atoms with Crippen molar-refractivity contribution in [3.8, 4) is 0 Å². The summed E-state index contributed by atoms with van der Waals surface area (Å²) in [5.41, 5.74) is 6.33. The van der Waals surface area contributed by atoms with Gasteiger partial charge in [-0.2, -0.15) is 0 Å². The van der Waals surface area contributed by atoms with Gasteiger partial charge in [0.25, 0.3) is 0 Å². The Kier molecular flexibility index (Phi) is 5.51. The number of pyridine rings is 1. The van der Waals surface area contributed by atoms with E-state index in [4.69, 9.17) is 4.98 Å². The minimum Gasteiger partial charge on any atom is -0.256 e. The lowest BCUT2D eigenvalue weighted by molar-refractivity contribution is 1.39. The molecule has 10 aromatic rings. The lowest BCUT2D eigenvalue weighted by Crippen LogP contribution is -2.24. The molecule has 49 heavy (non-hydrogen) atoms. The Morgan fingerprint density at radius 1 is 0.327 bits per heavy atom. The van der Waals surface area contributed by atoms with Crippen molar-refractivity contribution in [2.75, 3.05) is 0 Å². The molecule has 1 aromatic heterocycles. The molecule has 1 heteroatoms. The Labute approximate surface area is 282 Å². The van der Waals surface area contributed by atoms with Crippen LogP contribution in [0.5, 0.6) is 0 Å². The normalized spacial score (nSPS) is 13.1. The van der Waals surface area contributed by atoms with Crippen LogP contribution in [0.2, 0.25) is 0 Å². The Morgan fingerprint density at radius 3 is 1.16 bits per heavy atom. The third kappa shape index (κ3) is 3.85. The highest BCUT2D eigenvalue weighted by Gasteiger charge is 2.20. The second-order valence-corrected chi connectivity index (χ2v) is 13.4. The smallest absolute Gasteiger partial charge is 0.0708 e. The third-order valence-corrected chi connectivity index (χ3v) is 10.9. The molecule has 1 nitrogen and oxygen atoms in total. The van der Waals surface area contributed by atoms with Crippen molar-refractivity contribution in [2.45, 2.75) is 6.42 Å². The molecular weight excluding hydrogens is 591 g/mol. The summed E-state index contributed by atoms with van der Waals surface area (Å²) in [6.45, 7) is 0. The molecule has 0 saturated heterocycles. The van der Waals surface area contributed by atoms with E-state index in [2.05, 4.69) is 152 Å². The number of aromatic nitrogens is 1. The van der Waals surface area contributed by atoms with Gasteiger partial charge >= 0.3 is 0 Å². The van der Waals surface area contributed by atoms with E-state index >= 15 is 0 Å². The van der Waals surface area contributed by atoms with Gasteiger partial charge in [-0.1, -0.05) is 127 Å². The number of fused-ring (bicyclic) bond motifs is 14. The molecule has 0 fully saturated rings. The molecule has 0 unspecified atom stereocenters. The van der Waals surface area contributed by atoms with E-state index in [1.54, 1.807) is 0 Å². The first-order valence-electron chi connectivity index (χ1n) is 17.1. The molecule has 0 radical (unpaired) electrons. The first-order valence-corrected chi connectivity index (χ1v) is 17.1. The van der Waals surface area contributed by atoms with Crippen molar-refractivity contribution in [2.24, 2.45) is 0 Å². The zero-order chi connectivity index (χ0) is 32.1. The summed E-state index contributed by atoms with van der Waals surface area (Å²) in [6, 6.07) is 58.5. The highest BCUT2D eigenvalue weighted by Crippen LogP contribution is 2.40. The predicted molar refractivity (Wildman–Crippen MR) is 209 cm³/mol. The van der Waals surface area contributed by atoms with Crippen LogP contribution in [0.4, 0.5) is 0 Å². The van der Waals surface area contributed by atoms with Crippen LogP contribution in [0.15, 0.2) is 164 Å². The lowest BCUT2D eigenvalue weighted by Gasteiger charge is -2.14. The maximum atomic E-state index is 4.79. The Balaban J connectivity index is 1.20. The van der Waals surface area contributed by atoms with Crippen molar-refractivity contribution in [1.29, 1.82) is 0 Å². The van der Waals surface area contributed by atoms with Gasteiger partial charge in [-0.25, -0.2) is 0 Å². The molecule has 1 aliphatic carbocycles. The van der Waals surface area contributed by atoms with E-state index in [9.17, 15) is 0 Å². The van der Waals surface area contributed by atoms with Crippen molar-refractivity contribution in [3.05, 3.63) is 185 Å². The van der Waals surface area contributed by atoms with Crippen LogP contribution in [0, 0.1) is 0 Å². The Morgan fingerprint density at radius 2 is 0.714 bits per heavy atom. The van der Waals surface area contributed by atoms with E-state index in [1.165, 1.54) is 103 Å². The van der Waals surface area contributed by atoms with Crippen LogP contribution < -0.4 is 10.4 Å². The molecule has 0 saturated carbocycles. The second-order valence-electron chi connectivity index (χ2n) is 13.4. The average Bonchev–Trinajstić information content (AvgIpc) is 3.55. The topological polar surface area (TPSA) is 12.9 Å². The summed E-state index contributed by atoms with van der Waals surface area (Å²) in [5, 5.41) is 19.4. The number of hydrogen-bond acceptors (Lipinski definition) is 1. The quantitative estimate of drug-likeness (QED) is 0.175. The number of hydrogen-bond donors (Lipinski definition) is 0. The van der Waals surface area contributed by atoms with Crippen LogP contribution in [0.3, 0.4) is 0 Å². The third-order valence-electron chi connectivity index (χ3n) is 10.9. The molecule has 1 heterocycles. The van der Waals surface area contributed by atoms with E-state index in [-0.39, 0.29) is 0 Å². The molecule has 0 spiro atoms. The molecule has 9 aromatic carbocycles. The average molecular weight is 620 g/mol. The number of benzene rings is 9. The highest BCUT2D eigenvalue weighted by atomic mass is 14.6. The second kappa shape index (κ2) is 10.1. The van der Waals surface area contributed by atoms with Crippen LogP contribution in [-0.2, 0) is 0 Å². The zero-order valence-corrected chi connectivity index (χ0v) is 26.7. The summed E-state index contributed by atoms with van der Waals surface area (Å²) >= 11 is 0. The molecule has 0 N–H and O–H groups in total. The molecule has 0 bridgehead atoms. The standard InChI is InChI=1S/C48H29N/c1-3-15-36-32(11-1)34-13-5-7-17-38(34)44-24-29(19-21-40(36)44)42-27-43(47-28-48-31(26-46(42)47)10-9-23-49-48)30-20-22-41-37-16-4-2-12-33(37)35-14-6-8-18-39(35)45(41)25-30/h1-26,28H,27H2. The number of rotatable bonds is 2. The molecule has 0 atom stereocenters. The van der Waals surface area contributed by atoms with Crippen molar-refractivity contribution in [3.63, 3.8) is 0 Å². The van der Waals surface area contributed by atoms with E-state index in [1.807, 2.05) is 12.3 Å². The summed E-state index contributed by atoms with van der Waals surface area (Å²) in [6.07, 6.45) is 2.76. The SMILES string of the molecule is c1cnc2cc3c(cc2c1)=C(c1ccc2c4ccccc4c4ccccc4c2c1)CC=3c1ccc2c3ccccc3c3ccccc3c2c1. The molecule has 0 amide bonds. The van der Waals surface area contributed by atoms with Crippen molar-refractivity contribution in [1.82, 2.24) is 4.98 Å². The van der Waals surface area contributed by atoms with Gasteiger partial charge < -0.3 is 0 Å². The fourth-order valence-electron chi connectivity index (χ4n) is 8.69. The maximum Gasteiger partial charge on any atom is 0.0708 e. The largest absolute Gasteiger partial charge is 0.256 e. The van der Waals surface area contributed by atoms with E-state index in [0.29, 0.717) is 0 Å². The first-order chi connectivity index (χ1) is 24.3. The van der Waals surface area contributed by atoms with Gasteiger partial charge in [0.2, 0.25) is 0 Å². The fourth-order valence-corrected chi connectivity index (χ4v) is 8.69. The fraction of sp³-hybridized carbons (Fsp3) is 0.0208. The summed E-state index contributed by atoms with van der Waals surface area (Å²) in [7, 11) is 0. The monoisotopic (exact) mass is 619 g/mol. The molecule has 1 aliphatic rings. The van der Waals surface area contributed by atoms with Crippen molar-refractivity contribution >= 4 is 86.7 Å². The summed E-state index contributed by atoms with van der Waals surface area (Å²) < 4.78 is 0. The molecular formula is C48H29N. The van der Waals surface area contributed by atoms with Gasteiger partial charge in [0, 0.05) is 11.6 Å². The zero-order valence-electron chi connectivity index (χ0n) is 26.7. The van der Waals surface area contributed by atoms with Crippen LogP contribution in [0.1, 0.15) is 17.5 Å². The van der Waals surface area contributed by atoms with Gasteiger partial charge in [-0.05, 0) is 134 Å². The molecule has 226 valence electrons. The Hall–Kier alpha value is -6.31. The van der Waals surface area contributed by atoms with E-state index in [0.717, 1.165) is 11.9 Å².